The molecule has 0 atom stereocenters. The molecule has 1 N–H and O–H groups in total. The zero-order valence-corrected chi connectivity index (χ0v) is 9.54. The van der Waals surface area contributed by atoms with Crippen LogP contribution in [0.15, 0.2) is 6.20 Å². The van der Waals surface area contributed by atoms with Crippen molar-refractivity contribution in [3.8, 4) is 0 Å². The largest absolute Gasteiger partial charge is 0.393 e. The predicted molar refractivity (Wildman–Crippen MR) is 59.5 cm³/mol. The van der Waals surface area contributed by atoms with Gasteiger partial charge in [0, 0.05) is 13.1 Å². The summed E-state index contributed by atoms with van der Waals surface area (Å²) in [5.41, 5.74) is 0. The molecule has 1 aromatic rings. The van der Waals surface area contributed by atoms with Gasteiger partial charge in [-0.05, 0) is 24.4 Å². The Morgan fingerprint density at radius 3 is 2.67 bits per heavy atom. The molecule has 2 heterocycles. The standard InChI is InChI=1S/C9H11Cl2N3O/c10-7-5-12-9(11)13-8(7)14-3-1-6(15)2-4-14/h5-6,15H,1-4H2. The second-order valence-electron chi connectivity index (χ2n) is 3.53. The lowest BCUT2D eigenvalue weighted by molar-refractivity contribution is 0.145. The number of rotatable bonds is 1. The van der Waals surface area contributed by atoms with Gasteiger partial charge >= 0.3 is 0 Å². The Kier molecular flexibility index (Phi) is 3.29. The minimum atomic E-state index is -0.211. The molecule has 1 fully saturated rings. The van der Waals surface area contributed by atoms with Crippen molar-refractivity contribution in [3.05, 3.63) is 16.5 Å². The second kappa shape index (κ2) is 4.51. The highest BCUT2D eigenvalue weighted by molar-refractivity contribution is 6.33. The average Bonchev–Trinajstić information content (AvgIpc) is 2.23. The summed E-state index contributed by atoms with van der Waals surface area (Å²) in [4.78, 5) is 9.90. The van der Waals surface area contributed by atoms with Crippen molar-refractivity contribution in [2.75, 3.05) is 18.0 Å². The maximum Gasteiger partial charge on any atom is 0.224 e. The first-order valence-electron chi connectivity index (χ1n) is 4.78. The maximum absolute atomic E-state index is 9.38. The van der Waals surface area contributed by atoms with Gasteiger partial charge in [0.1, 0.15) is 5.02 Å². The molecule has 0 amide bonds. The van der Waals surface area contributed by atoms with Gasteiger partial charge in [0.2, 0.25) is 5.28 Å². The third-order valence-corrected chi connectivity index (χ3v) is 2.91. The molecule has 6 heteroatoms. The Morgan fingerprint density at radius 1 is 1.33 bits per heavy atom. The highest BCUT2D eigenvalue weighted by Gasteiger charge is 2.20. The summed E-state index contributed by atoms with van der Waals surface area (Å²) in [7, 11) is 0. The highest BCUT2D eigenvalue weighted by atomic mass is 35.5. The van der Waals surface area contributed by atoms with Gasteiger partial charge in [-0.15, -0.1) is 0 Å². The van der Waals surface area contributed by atoms with Crippen molar-refractivity contribution in [2.45, 2.75) is 18.9 Å². The summed E-state index contributed by atoms with van der Waals surface area (Å²) >= 11 is 11.7. The topological polar surface area (TPSA) is 49.2 Å². The van der Waals surface area contributed by atoms with Crippen LogP contribution in [0.4, 0.5) is 5.82 Å². The molecule has 4 nitrogen and oxygen atoms in total. The Labute approximate surface area is 97.9 Å². The van der Waals surface area contributed by atoms with E-state index < -0.39 is 0 Å². The first kappa shape index (κ1) is 10.9. The van der Waals surface area contributed by atoms with E-state index in [9.17, 15) is 5.11 Å². The van der Waals surface area contributed by atoms with E-state index in [4.69, 9.17) is 23.2 Å². The van der Waals surface area contributed by atoms with Crippen molar-refractivity contribution >= 4 is 29.0 Å². The monoisotopic (exact) mass is 247 g/mol. The number of nitrogens with zero attached hydrogens (tertiary/aromatic N) is 3. The number of halogens is 2. The lowest BCUT2D eigenvalue weighted by atomic mass is 10.1. The van der Waals surface area contributed by atoms with E-state index in [0.717, 1.165) is 25.9 Å². The fourth-order valence-corrected chi connectivity index (χ4v) is 1.98. The first-order valence-corrected chi connectivity index (χ1v) is 5.53. The molecule has 1 aliphatic heterocycles. The second-order valence-corrected chi connectivity index (χ2v) is 4.27. The summed E-state index contributed by atoms with van der Waals surface area (Å²) in [6.07, 6.45) is 2.75. The van der Waals surface area contributed by atoms with Gasteiger partial charge in [-0.1, -0.05) is 11.6 Å². The Bertz CT molecular complexity index is 353. The minimum absolute atomic E-state index is 0.195. The van der Waals surface area contributed by atoms with Crippen LogP contribution in [-0.4, -0.2) is 34.3 Å². The molecule has 2 rings (SSSR count). The summed E-state index contributed by atoms with van der Waals surface area (Å²) in [6, 6.07) is 0. The van der Waals surface area contributed by atoms with Crippen molar-refractivity contribution in [2.24, 2.45) is 0 Å². The van der Waals surface area contributed by atoms with Crippen LogP contribution in [0.1, 0.15) is 12.8 Å². The predicted octanol–water partition coefficient (Wildman–Crippen LogP) is 1.74. The summed E-state index contributed by atoms with van der Waals surface area (Å²) in [5, 5.41) is 10.1. The van der Waals surface area contributed by atoms with E-state index in [1.807, 2.05) is 4.90 Å². The van der Waals surface area contributed by atoms with E-state index in [-0.39, 0.29) is 11.4 Å². The van der Waals surface area contributed by atoms with Crippen LogP contribution in [0.25, 0.3) is 0 Å². The number of aliphatic hydroxyl groups excluding tert-OH is 1. The van der Waals surface area contributed by atoms with Crippen LogP contribution < -0.4 is 4.90 Å². The van der Waals surface area contributed by atoms with Gasteiger partial charge in [-0.2, -0.15) is 4.98 Å². The molecule has 82 valence electrons. The molecule has 0 unspecified atom stereocenters. The number of piperidine rings is 1. The lowest BCUT2D eigenvalue weighted by Crippen LogP contribution is -2.36. The number of anilines is 1. The first-order chi connectivity index (χ1) is 7.16. The third kappa shape index (κ3) is 2.51. The van der Waals surface area contributed by atoms with Gasteiger partial charge in [-0.3, -0.25) is 0 Å². The maximum atomic E-state index is 9.38. The van der Waals surface area contributed by atoms with Crippen LogP contribution in [0.3, 0.4) is 0 Å². The van der Waals surface area contributed by atoms with Crippen LogP contribution in [-0.2, 0) is 0 Å². The van der Waals surface area contributed by atoms with Crippen molar-refractivity contribution < 1.29 is 5.11 Å². The number of hydrogen-bond donors (Lipinski definition) is 1. The highest BCUT2D eigenvalue weighted by Crippen LogP contribution is 2.26. The van der Waals surface area contributed by atoms with E-state index in [1.165, 1.54) is 6.20 Å². The molecular formula is C9H11Cl2N3O. The van der Waals surface area contributed by atoms with Crippen LogP contribution >= 0.6 is 23.2 Å². The molecule has 0 spiro atoms. The smallest absolute Gasteiger partial charge is 0.224 e. The van der Waals surface area contributed by atoms with Crippen LogP contribution in [0.2, 0.25) is 10.3 Å². The van der Waals surface area contributed by atoms with Crippen LogP contribution in [0, 0.1) is 0 Å². The van der Waals surface area contributed by atoms with E-state index in [0.29, 0.717) is 10.8 Å². The van der Waals surface area contributed by atoms with Gasteiger partial charge in [0.05, 0.1) is 12.3 Å². The molecule has 1 aromatic heterocycles. The molecular weight excluding hydrogens is 237 g/mol. The Balaban J connectivity index is 2.18. The van der Waals surface area contributed by atoms with Crippen molar-refractivity contribution in [1.29, 1.82) is 0 Å². The number of aromatic nitrogens is 2. The van der Waals surface area contributed by atoms with Gasteiger partial charge in [0.15, 0.2) is 5.82 Å². The van der Waals surface area contributed by atoms with Crippen molar-refractivity contribution in [3.63, 3.8) is 0 Å². The van der Waals surface area contributed by atoms with E-state index in [2.05, 4.69) is 9.97 Å². The molecule has 15 heavy (non-hydrogen) atoms. The van der Waals surface area contributed by atoms with Gasteiger partial charge in [-0.25, -0.2) is 4.98 Å². The van der Waals surface area contributed by atoms with Gasteiger partial charge < -0.3 is 10.0 Å². The molecule has 0 aliphatic carbocycles. The fraction of sp³-hybridized carbons (Fsp3) is 0.556. The molecule has 0 radical (unpaired) electrons. The van der Waals surface area contributed by atoms with E-state index in [1.54, 1.807) is 0 Å². The number of hydrogen-bond acceptors (Lipinski definition) is 4. The average molecular weight is 248 g/mol. The Morgan fingerprint density at radius 2 is 2.00 bits per heavy atom. The normalized spacial score (nSPS) is 18.2. The SMILES string of the molecule is OC1CCN(c2nc(Cl)ncc2Cl)CC1. The summed E-state index contributed by atoms with van der Waals surface area (Å²) < 4.78 is 0. The molecule has 1 aliphatic rings. The van der Waals surface area contributed by atoms with E-state index >= 15 is 0 Å². The Hall–Kier alpha value is -0.580. The van der Waals surface area contributed by atoms with Crippen molar-refractivity contribution in [1.82, 2.24) is 9.97 Å². The summed E-state index contributed by atoms with van der Waals surface area (Å²) in [5.74, 6) is 0.656. The lowest BCUT2D eigenvalue weighted by Gasteiger charge is -2.30. The minimum Gasteiger partial charge on any atom is -0.393 e. The third-order valence-electron chi connectivity index (χ3n) is 2.46. The molecule has 1 saturated heterocycles. The quantitative estimate of drug-likeness (QED) is 0.769. The molecule has 0 aromatic carbocycles. The molecule has 0 saturated carbocycles. The van der Waals surface area contributed by atoms with Gasteiger partial charge in [0.25, 0.3) is 0 Å². The fourth-order valence-electron chi connectivity index (χ4n) is 1.64. The zero-order valence-electron chi connectivity index (χ0n) is 8.03. The summed E-state index contributed by atoms with van der Waals surface area (Å²) in [6.45, 7) is 1.49. The zero-order chi connectivity index (χ0) is 10.8. The van der Waals surface area contributed by atoms with Crippen LogP contribution in [0.5, 0.6) is 0 Å². The number of aliphatic hydroxyl groups is 1. The molecule has 0 bridgehead atoms.